The largest absolute Gasteiger partial charge is 0.325 e. The zero-order chi connectivity index (χ0) is 13.8. The molecule has 2 amide bonds. The van der Waals surface area contributed by atoms with Crippen LogP contribution in [0.15, 0.2) is 23.1 Å². The molecule has 1 aliphatic heterocycles. The molecule has 4 N–H and O–H groups in total. The molecule has 1 atom stereocenters. The number of nitrogens with two attached hydrogens (primary N) is 1. The van der Waals surface area contributed by atoms with Gasteiger partial charge in [0.15, 0.2) is 0 Å². The number of hydrogen-bond donors (Lipinski definition) is 3. The Balaban J connectivity index is 2.08. The quantitative estimate of drug-likeness (QED) is 0.784. The topological polar surface area (TPSA) is 84.2 Å². The fraction of sp³-hybridized carbons (Fsp3) is 0.385. The van der Waals surface area contributed by atoms with Gasteiger partial charge in [0.2, 0.25) is 11.8 Å². The molecule has 0 radical (unpaired) electrons. The van der Waals surface area contributed by atoms with E-state index in [-0.39, 0.29) is 11.8 Å². The van der Waals surface area contributed by atoms with Crippen LogP contribution in [0, 0.1) is 0 Å². The van der Waals surface area contributed by atoms with E-state index in [2.05, 4.69) is 10.6 Å². The first-order valence-electron chi connectivity index (χ1n) is 6.23. The second-order valence-corrected chi connectivity index (χ2v) is 5.45. The molecule has 0 saturated heterocycles. The van der Waals surface area contributed by atoms with Crippen molar-refractivity contribution in [1.82, 2.24) is 0 Å². The number of rotatable bonds is 4. The maximum atomic E-state index is 11.8. The summed E-state index contributed by atoms with van der Waals surface area (Å²) < 4.78 is 0. The zero-order valence-corrected chi connectivity index (χ0v) is 11.5. The summed E-state index contributed by atoms with van der Waals surface area (Å²) in [6, 6.07) is 4.97. The highest BCUT2D eigenvalue weighted by atomic mass is 32.2. The van der Waals surface area contributed by atoms with Gasteiger partial charge in [-0.15, -0.1) is 11.8 Å². The van der Waals surface area contributed by atoms with Gasteiger partial charge in [0, 0.05) is 10.6 Å². The van der Waals surface area contributed by atoms with E-state index in [0.717, 1.165) is 17.0 Å². The van der Waals surface area contributed by atoms with Gasteiger partial charge in [-0.3, -0.25) is 9.59 Å². The highest BCUT2D eigenvalue weighted by Gasteiger charge is 2.17. The maximum absolute atomic E-state index is 11.8. The van der Waals surface area contributed by atoms with Gasteiger partial charge in [-0.25, -0.2) is 0 Å². The molecular formula is C13H17N3O2S. The number of benzene rings is 1. The lowest BCUT2D eigenvalue weighted by Gasteiger charge is -2.18. The summed E-state index contributed by atoms with van der Waals surface area (Å²) in [7, 11) is 0. The number of hydrogen-bond acceptors (Lipinski definition) is 4. The van der Waals surface area contributed by atoms with E-state index in [0.29, 0.717) is 17.9 Å². The molecule has 0 aliphatic carbocycles. The zero-order valence-electron chi connectivity index (χ0n) is 10.7. The SMILES string of the molecule is CCCC(N)C(=O)Nc1ccc2c(c1)NC(=O)CS2. The lowest BCUT2D eigenvalue weighted by atomic mass is 10.1. The fourth-order valence-corrected chi connectivity index (χ4v) is 2.63. The summed E-state index contributed by atoms with van der Waals surface area (Å²) in [5, 5.41) is 5.55. The molecule has 0 spiro atoms. The Morgan fingerprint density at radius 2 is 2.37 bits per heavy atom. The van der Waals surface area contributed by atoms with Crippen molar-refractivity contribution in [2.24, 2.45) is 5.73 Å². The maximum Gasteiger partial charge on any atom is 0.241 e. The number of carbonyl (C=O) groups is 2. The van der Waals surface area contributed by atoms with Crippen molar-refractivity contribution >= 4 is 35.0 Å². The molecule has 0 saturated carbocycles. The van der Waals surface area contributed by atoms with E-state index in [1.807, 2.05) is 19.1 Å². The second-order valence-electron chi connectivity index (χ2n) is 4.43. The molecule has 1 heterocycles. The molecule has 1 aromatic rings. The van der Waals surface area contributed by atoms with Crippen LogP contribution in [-0.2, 0) is 9.59 Å². The van der Waals surface area contributed by atoms with Crippen LogP contribution >= 0.6 is 11.8 Å². The molecule has 0 aromatic heterocycles. The van der Waals surface area contributed by atoms with Gasteiger partial charge in [0.1, 0.15) is 0 Å². The van der Waals surface area contributed by atoms with Crippen molar-refractivity contribution in [3.63, 3.8) is 0 Å². The number of fused-ring (bicyclic) bond motifs is 1. The second kappa shape index (κ2) is 6.08. The van der Waals surface area contributed by atoms with Gasteiger partial charge in [-0.2, -0.15) is 0 Å². The molecule has 0 bridgehead atoms. The standard InChI is InChI=1S/C13H17N3O2S/c1-2-3-9(14)13(18)15-8-4-5-11-10(6-8)16-12(17)7-19-11/h4-6,9H,2-3,7,14H2,1H3,(H,15,18)(H,16,17). The summed E-state index contributed by atoms with van der Waals surface area (Å²) in [4.78, 5) is 24.1. The average molecular weight is 279 g/mol. The summed E-state index contributed by atoms with van der Waals surface area (Å²) in [6.07, 6.45) is 1.52. The van der Waals surface area contributed by atoms with Crippen LogP contribution in [0.4, 0.5) is 11.4 Å². The van der Waals surface area contributed by atoms with Crippen molar-refractivity contribution < 1.29 is 9.59 Å². The first-order valence-corrected chi connectivity index (χ1v) is 7.22. The Bertz CT molecular complexity index is 505. The Morgan fingerprint density at radius 3 is 3.11 bits per heavy atom. The summed E-state index contributed by atoms with van der Waals surface area (Å²) in [6.45, 7) is 1.98. The van der Waals surface area contributed by atoms with Gasteiger partial charge < -0.3 is 16.4 Å². The molecule has 1 aromatic carbocycles. The highest BCUT2D eigenvalue weighted by Crippen LogP contribution is 2.33. The normalized spacial score (nSPS) is 15.4. The summed E-state index contributed by atoms with van der Waals surface area (Å²) in [5.74, 6) is 0.209. The third-order valence-corrected chi connectivity index (χ3v) is 3.89. The first-order chi connectivity index (χ1) is 9.10. The van der Waals surface area contributed by atoms with Gasteiger partial charge in [-0.1, -0.05) is 13.3 Å². The molecule has 1 aliphatic rings. The van der Waals surface area contributed by atoms with E-state index >= 15 is 0 Å². The monoisotopic (exact) mass is 279 g/mol. The summed E-state index contributed by atoms with van der Waals surface area (Å²) >= 11 is 1.49. The van der Waals surface area contributed by atoms with E-state index < -0.39 is 6.04 Å². The Morgan fingerprint density at radius 1 is 1.58 bits per heavy atom. The Hall–Kier alpha value is -1.53. The molecule has 2 rings (SSSR count). The molecule has 1 unspecified atom stereocenters. The third-order valence-electron chi connectivity index (χ3n) is 2.82. The molecule has 102 valence electrons. The van der Waals surface area contributed by atoms with E-state index in [9.17, 15) is 9.59 Å². The first kappa shape index (κ1) is 13.9. The van der Waals surface area contributed by atoms with E-state index in [1.54, 1.807) is 6.07 Å². The van der Waals surface area contributed by atoms with Gasteiger partial charge in [0.05, 0.1) is 17.5 Å². The van der Waals surface area contributed by atoms with E-state index in [1.165, 1.54) is 11.8 Å². The van der Waals surface area contributed by atoms with Crippen LogP contribution in [0.3, 0.4) is 0 Å². The lowest BCUT2D eigenvalue weighted by Crippen LogP contribution is -2.35. The molecule has 6 heteroatoms. The van der Waals surface area contributed by atoms with Crippen molar-refractivity contribution in [1.29, 1.82) is 0 Å². The predicted octanol–water partition coefficient (Wildman–Crippen LogP) is 1.80. The van der Waals surface area contributed by atoms with Crippen LogP contribution < -0.4 is 16.4 Å². The predicted molar refractivity (Wildman–Crippen MR) is 77.3 cm³/mol. The molecule has 0 fully saturated rings. The van der Waals surface area contributed by atoms with Crippen molar-refractivity contribution in [3.8, 4) is 0 Å². The van der Waals surface area contributed by atoms with Crippen LogP contribution in [0.1, 0.15) is 19.8 Å². The minimum absolute atomic E-state index is 0.0244. The molecule has 5 nitrogen and oxygen atoms in total. The van der Waals surface area contributed by atoms with Crippen molar-refractivity contribution in [2.45, 2.75) is 30.7 Å². The number of carbonyl (C=O) groups excluding carboxylic acids is 2. The van der Waals surface area contributed by atoms with Gasteiger partial charge in [-0.05, 0) is 24.6 Å². The number of anilines is 2. The third kappa shape index (κ3) is 3.48. The molecule has 19 heavy (non-hydrogen) atoms. The van der Waals surface area contributed by atoms with Crippen molar-refractivity contribution in [2.75, 3.05) is 16.4 Å². The van der Waals surface area contributed by atoms with Crippen LogP contribution in [0.5, 0.6) is 0 Å². The van der Waals surface area contributed by atoms with E-state index in [4.69, 9.17) is 5.73 Å². The minimum atomic E-state index is -0.495. The number of amides is 2. The number of thioether (sulfide) groups is 1. The molecular weight excluding hydrogens is 262 g/mol. The summed E-state index contributed by atoms with van der Waals surface area (Å²) in [5.41, 5.74) is 7.14. The Labute approximate surface area is 116 Å². The fourth-order valence-electron chi connectivity index (χ4n) is 1.84. The van der Waals surface area contributed by atoms with Crippen molar-refractivity contribution in [3.05, 3.63) is 18.2 Å². The van der Waals surface area contributed by atoms with Gasteiger partial charge >= 0.3 is 0 Å². The average Bonchev–Trinajstić information content (AvgIpc) is 2.38. The van der Waals surface area contributed by atoms with Crippen LogP contribution in [0.2, 0.25) is 0 Å². The minimum Gasteiger partial charge on any atom is -0.325 e. The lowest BCUT2D eigenvalue weighted by molar-refractivity contribution is -0.117. The van der Waals surface area contributed by atoms with Gasteiger partial charge in [0.25, 0.3) is 0 Å². The Kier molecular flexibility index (Phi) is 4.44. The van der Waals surface area contributed by atoms with Crippen LogP contribution in [0.25, 0.3) is 0 Å². The highest BCUT2D eigenvalue weighted by molar-refractivity contribution is 8.00. The van der Waals surface area contributed by atoms with Crippen LogP contribution in [-0.4, -0.2) is 23.6 Å². The number of nitrogens with one attached hydrogen (secondary N) is 2. The smallest absolute Gasteiger partial charge is 0.241 e.